The van der Waals surface area contributed by atoms with E-state index in [0.29, 0.717) is 31.0 Å². The van der Waals surface area contributed by atoms with E-state index in [1.807, 2.05) is 0 Å². The molecule has 1 aliphatic rings. The van der Waals surface area contributed by atoms with Gasteiger partial charge in [-0.3, -0.25) is 4.98 Å². The summed E-state index contributed by atoms with van der Waals surface area (Å²) >= 11 is 9.60. The lowest BCUT2D eigenvalue weighted by Crippen LogP contribution is -2.41. The molecule has 1 fully saturated rings. The van der Waals surface area contributed by atoms with Crippen LogP contribution in [0.4, 0.5) is 5.69 Å². The number of nitriles is 1. The van der Waals surface area contributed by atoms with Crippen molar-refractivity contribution in [1.29, 1.82) is 5.26 Å². The minimum Gasteiger partial charge on any atom is -0.395 e. The maximum Gasteiger partial charge on any atom is 0.0837 e. The van der Waals surface area contributed by atoms with E-state index in [0.717, 1.165) is 10.2 Å². The predicted octanol–water partition coefficient (Wildman–Crippen LogP) is 2.60. The Hall–Kier alpha value is -0.830. The second-order valence-corrected chi connectivity index (χ2v) is 5.75. The lowest BCUT2D eigenvalue weighted by atomic mass is 9.80. The summed E-state index contributed by atoms with van der Waals surface area (Å²) in [5.41, 5.74) is 0.318. The maximum absolute atomic E-state index is 9.32. The van der Waals surface area contributed by atoms with E-state index < -0.39 is 5.41 Å². The van der Waals surface area contributed by atoms with Gasteiger partial charge < -0.3 is 10.0 Å². The molecule has 4 nitrogen and oxygen atoms in total. The first kappa shape index (κ1) is 13.6. The van der Waals surface area contributed by atoms with Crippen LogP contribution >= 0.6 is 27.5 Å². The first-order valence-corrected chi connectivity index (χ1v) is 6.85. The quantitative estimate of drug-likeness (QED) is 0.905. The molecule has 96 valence electrons. The number of rotatable bonds is 2. The van der Waals surface area contributed by atoms with Crippen molar-refractivity contribution in [2.45, 2.75) is 12.8 Å². The molecular formula is C12H13BrClN3O. The summed E-state index contributed by atoms with van der Waals surface area (Å²) in [6.07, 6.45) is 4.61. The van der Waals surface area contributed by atoms with E-state index in [1.54, 1.807) is 12.4 Å². The van der Waals surface area contributed by atoms with Crippen molar-refractivity contribution < 1.29 is 5.11 Å². The first-order valence-electron chi connectivity index (χ1n) is 5.68. The van der Waals surface area contributed by atoms with Gasteiger partial charge in [0.25, 0.3) is 0 Å². The largest absolute Gasteiger partial charge is 0.395 e. The summed E-state index contributed by atoms with van der Waals surface area (Å²) < 4.78 is 0.850. The Labute approximate surface area is 119 Å². The fourth-order valence-electron chi connectivity index (χ4n) is 2.17. The van der Waals surface area contributed by atoms with Crippen molar-refractivity contribution >= 4 is 33.2 Å². The number of piperidine rings is 1. The highest BCUT2D eigenvalue weighted by Crippen LogP contribution is 2.38. The van der Waals surface area contributed by atoms with E-state index in [1.165, 1.54) is 0 Å². The molecule has 2 rings (SSSR count). The number of anilines is 1. The summed E-state index contributed by atoms with van der Waals surface area (Å²) in [6.45, 7) is 1.33. The fraction of sp³-hybridized carbons (Fsp3) is 0.500. The van der Waals surface area contributed by atoms with Crippen LogP contribution in [0.5, 0.6) is 0 Å². The van der Waals surface area contributed by atoms with Crippen molar-refractivity contribution in [3.8, 4) is 6.07 Å². The summed E-state index contributed by atoms with van der Waals surface area (Å²) in [4.78, 5) is 6.13. The Bertz CT molecular complexity index is 460. The monoisotopic (exact) mass is 329 g/mol. The molecule has 0 spiro atoms. The summed E-state index contributed by atoms with van der Waals surface area (Å²) in [7, 11) is 0. The van der Waals surface area contributed by atoms with Gasteiger partial charge in [0, 0.05) is 25.5 Å². The molecule has 1 saturated heterocycles. The van der Waals surface area contributed by atoms with Crippen LogP contribution in [0.2, 0.25) is 5.02 Å². The number of hydrogen-bond acceptors (Lipinski definition) is 4. The van der Waals surface area contributed by atoms with Crippen LogP contribution in [-0.4, -0.2) is 29.8 Å². The molecular weight excluding hydrogens is 318 g/mol. The number of hydrogen-bond donors (Lipinski definition) is 1. The van der Waals surface area contributed by atoms with Crippen molar-refractivity contribution in [2.24, 2.45) is 5.41 Å². The molecule has 0 unspecified atom stereocenters. The maximum atomic E-state index is 9.32. The zero-order valence-corrected chi connectivity index (χ0v) is 12.1. The molecule has 1 aromatic heterocycles. The molecule has 1 N–H and O–H groups in total. The van der Waals surface area contributed by atoms with Crippen molar-refractivity contribution in [1.82, 2.24) is 4.98 Å². The number of pyridine rings is 1. The standard InChI is InChI=1S/C12H13BrClN3O/c13-9-5-16-6-10(14)11(9)17-3-1-12(7-15,8-18)2-4-17/h5-6,18H,1-4,8H2. The van der Waals surface area contributed by atoms with Crippen LogP contribution in [0.25, 0.3) is 0 Å². The van der Waals surface area contributed by atoms with Crippen molar-refractivity contribution in [3.63, 3.8) is 0 Å². The van der Waals surface area contributed by atoms with Gasteiger partial charge in [-0.1, -0.05) is 11.6 Å². The minimum absolute atomic E-state index is 0.0808. The zero-order chi connectivity index (χ0) is 13.2. The number of halogens is 2. The lowest BCUT2D eigenvalue weighted by molar-refractivity contribution is 0.148. The SMILES string of the molecule is N#CC1(CO)CCN(c2c(Cl)cncc2Br)CC1. The van der Waals surface area contributed by atoms with Crippen LogP contribution < -0.4 is 4.90 Å². The van der Waals surface area contributed by atoms with Crippen LogP contribution in [0, 0.1) is 16.7 Å². The van der Waals surface area contributed by atoms with Gasteiger partial charge in [-0.05, 0) is 28.8 Å². The summed E-state index contributed by atoms with van der Waals surface area (Å²) in [5.74, 6) is 0. The molecule has 0 atom stereocenters. The molecule has 0 amide bonds. The Kier molecular flexibility index (Phi) is 4.10. The molecule has 0 bridgehead atoms. The van der Waals surface area contributed by atoms with E-state index in [4.69, 9.17) is 16.9 Å². The average Bonchev–Trinajstić information content (AvgIpc) is 2.39. The van der Waals surface area contributed by atoms with Gasteiger partial charge in [-0.25, -0.2) is 0 Å². The number of nitrogens with zero attached hydrogens (tertiary/aromatic N) is 3. The number of aromatic nitrogens is 1. The molecule has 6 heteroatoms. The lowest BCUT2D eigenvalue weighted by Gasteiger charge is -2.38. The molecule has 0 radical (unpaired) electrons. The first-order chi connectivity index (χ1) is 8.62. The molecule has 1 aliphatic heterocycles. The van der Waals surface area contributed by atoms with Gasteiger partial charge in [-0.2, -0.15) is 5.26 Å². The van der Waals surface area contributed by atoms with Gasteiger partial charge in [0.1, 0.15) is 0 Å². The summed E-state index contributed by atoms with van der Waals surface area (Å²) in [6, 6.07) is 2.23. The second-order valence-electron chi connectivity index (χ2n) is 4.49. The fourth-order valence-corrected chi connectivity index (χ4v) is 3.14. The van der Waals surface area contributed by atoms with Crippen LogP contribution in [0.1, 0.15) is 12.8 Å². The van der Waals surface area contributed by atoms with Crippen LogP contribution in [0.15, 0.2) is 16.9 Å². The molecule has 0 aliphatic carbocycles. The van der Waals surface area contributed by atoms with Crippen molar-refractivity contribution in [2.75, 3.05) is 24.6 Å². The number of aliphatic hydroxyl groups excluding tert-OH is 1. The van der Waals surface area contributed by atoms with E-state index >= 15 is 0 Å². The normalized spacial score (nSPS) is 18.4. The highest BCUT2D eigenvalue weighted by molar-refractivity contribution is 9.10. The molecule has 0 saturated carbocycles. The topological polar surface area (TPSA) is 60.1 Å². The van der Waals surface area contributed by atoms with E-state index in [-0.39, 0.29) is 6.61 Å². The van der Waals surface area contributed by atoms with Gasteiger partial charge in [0.05, 0.1) is 33.3 Å². The zero-order valence-electron chi connectivity index (χ0n) is 9.74. The van der Waals surface area contributed by atoms with Gasteiger partial charge >= 0.3 is 0 Å². The third-order valence-corrected chi connectivity index (χ3v) is 4.26. The minimum atomic E-state index is -0.595. The Balaban J connectivity index is 2.18. The van der Waals surface area contributed by atoms with Crippen molar-refractivity contribution in [3.05, 3.63) is 21.9 Å². The average molecular weight is 331 g/mol. The predicted molar refractivity (Wildman–Crippen MR) is 73.5 cm³/mol. The molecule has 1 aromatic rings. The number of aliphatic hydroxyl groups is 1. The molecule has 2 heterocycles. The van der Waals surface area contributed by atoms with E-state index in [9.17, 15) is 5.11 Å². The molecule has 18 heavy (non-hydrogen) atoms. The summed E-state index contributed by atoms with van der Waals surface area (Å²) in [5, 5.41) is 19.1. The van der Waals surface area contributed by atoms with Gasteiger partial charge in [-0.15, -0.1) is 0 Å². The van der Waals surface area contributed by atoms with E-state index in [2.05, 4.69) is 31.9 Å². The third kappa shape index (κ3) is 2.46. The van der Waals surface area contributed by atoms with Crippen LogP contribution in [-0.2, 0) is 0 Å². The Morgan fingerprint density at radius 1 is 1.50 bits per heavy atom. The highest BCUT2D eigenvalue weighted by Gasteiger charge is 2.35. The molecule has 0 aromatic carbocycles. The Morgan fingerprint density at radius 2 is 2.17 bits per heavy atom. The Morgan fingerprint density at radius 3 is 2.67 bits per heavy atom. The third-order valence-electron chi connectivity index (χ3n) is 3.40. The van der Waals surface area contributed by atoms with Gasteiger partial charge in [0.15, 0.2) is 0 Å². The second kappa shape index (κ2) is 5.43. The van der Waals surface area contributed by atoms with Gasteiger partial charge in [0.2, 0.25) is 0 Å². The highest BCUT2D eigenvalue weighted by atomic mass is 79.9. The van der Waals surface area contributed by atoms with Crippen LogP contribution in [0.3, 0.4) is 0 Å². The smallest absolute Gasteiger partial charge is 0.0837 e.